The van der Waals surface area contributed by atoms with Crippen molar-refractivity contribution in [2.75, 3.05) is 0 Å². The Morgan fingerprint density at radius 3 is 2.50 bits per heavy atom. The van der Waals surface area contributed by atoms with Crippen molar-refractivity contribution in [2.45, 2.75) is 6.18 Å². The van der Waals surface area contributed by atoms with Gasteiger partial charge in [-0.3, -0.25) is 5.10 Å². The summed E-state index contributed by atoms with van der Waals surface area (Å²) in [5, 5.41) is 14.6. The van der Waals surface area contributed by atoms with E-state index in [0.717, 1.165) is 6.07 Å². The van der Waals surface area contributed by atoms with E-state index in [2.05, 4.69) is 5.10 Å². The molecule has 84 valence electrons. The zero-order valence-corrected chi connectivity index (χ0v) is 7.92. The smallest absolute Gasteiger partial charge is 0.432 e. The Morgan fingerprint density at radius 2 is 1.94 bits per heavy atom. The number of phenolic OH excluding ortho intramolecular Hbond substituents is 1. The molecule has 0 saturated heterocycles. The number of alkyl halides is 3. The van der Waals surface area contributed by atoms with Crippen molar-refractivity contribution in [2.24, 2.45) is 0 Å². The molecule has 16 heavy (non-hydrogen) atoms. The van der Waals surface area contributed by atoms with Crippen LogP contribution < -0.4 is 0 Å². The van der Waals surface area contributed by atoms with Gasteiger partial charge < -0.3 is 5.11 Å². The molecule has 2 rings (SSSR count). The van der Waals surface area contributed by atoms with Gasteiger partial charge in [-0.05, 0) is 18.2 Å². The Bertz CT molecular complexity index is 505. The predicted molar refractivity (Wildman–Crippen MR) is 50.7 cm³/mol. The summed E-state index contributed by atoms with van der Waals surface area (Å²) in [6.45, 7) is 0. The molecule has 1 heterocycles. The van der Waals surface area contributed by atoms with Crippen molar-refractivity contribution < 1.29 is 18.3 Å². The topological polar surface area (TPSA) is 48.9 Å². The van der Waals surface area contributed by atoms with E-state index in [1.807, 2.05) is 5.10 Å². The second kappa shape index (κ2) is 3.55. The Kier molecular flexibility index (Phi) is 2.34. The number of aromatic hydroxyl groups is 1. The summed E-state index contributed by atoms with van der Waals surface area (Å²) in [6, 6.07) is 6.77. The molecule has 0 aliphatic heterocycles. The Labute approximate surface area is 88.5 Å². The van der Waals surface area contributed by atoms with E-state index >= 15 is 0 Å². The zero-order chi connectivity index (χ0) is 11.8. The van der Waals surface area contributed by atoms with Gasteiger partial charge in [0.25, 0.3) is 0 Å². The van der Waals surface area contributed by atoms with Crippen molar-refractivity contribution >= 4 is 0 Å². The molecule has 0 fully saturated rings. The standard InChI is InChI=1S/C10H7F3N2O/c11-10(12,13)9-5-8(14-15-9)6-2-1-3-7(16)4-6/h1-5,16H,(H,14,15). The number of aromatic nitrogens is 2. The van der Waals surface area contributed by atoms with Crippen molar-refractivity contribution in [1.29, 1.82) is 0 Å². The predicted octanol–water partition coefficient (Wildman–Crippen LogP) is 2.80. The molecule has 2 N–H and O–H groups in total. The average molecular weight is 228 g/mol. The third-order valence-corrected chi connectivity index (χ3v) is 2.03. The molecule has 0 atom stereocenters. The number of rotatable bonds is 1. The molecule has 2 aromatic rings. The lowest BCUT2D eigenvalue weighted by atomic mass is 10.1. The van der Waals surface area contributed by atoms with Crippen molar-refractivity contribution in [3.8, 4) is 17.0 Å². The van der Waals surface area contributed by atoms with Gasteiger partial charge in [0, 0.05) is 5.56 Å². The fourth-order valence-corrected chi connectivity index (χ4v) is 1.28. The molecule has 1 aromatic carbocycles. The van der Waals surface area contributed by atoms with E-state index in [4.69, 9.17) is 0 Å². The normalized spacial score (nSPS) is 11.7. The van der Waals surface area contributed by atoms with Gasteiger partial charge in [-0.15, -0.1) is 0 Å². The SMILES string of the molecule is Oc1cccc(-c2cc(C(F)(F)F)[nH]n2)c1. The van der Waals surface area contributed by atoms with Crippen LogP contribution in [0.4, 0.5) is 13.2 Å². The number of halogens is 3. The highest BCUT2D eigenvalue weighted by Gasteiger charge is 2.33. The summed E-state index contributed by atoms with van der Waals surface area (Å²) in [6.07, 6.45) is -4.44. The number of nitrogens with one attached hydrogen (secondary N) is 1. The largest absolute Gasteiger partial charge is 0.508 e. The highest BCUT2D eigenvalue weighted by atomic mass is 19.4. The highest BCUT2D eigenvalue weighted by molar-refractivity contribution is 5.61. The van der Waals surface area contributed by atoms with Crippen LogP contribution >= 0.6 is 0 Å². The van der Waals surface area contributed by atoms with E-state index in [1.165, 1.54) is 18.2 Å². The zero-order valence-electron chi connectivity index (χ0n) is 7.92. The molecular weight excluding hydrogens is 221 g/mol. The van der Waals surface area contributed by atoms with Crippen LogP contribution in [0.15, 0.2) is 30.3 Å². The Balaban J connectivity index is 2.39. The summed E-state index contributed by atoms with van der Waals surface area (Å²) in [4.78, 5) is 0. The molecular formula is C10H7F3N2O. The lowest BCUT2D eigenvalue weighted by Gasteiger charge is -2.00. The van der Waals surface area contributed by atoms with Gasteiger partial charge in [0.05, 0.1) is 5.69 Å². The maximum absolute atomic E-state index is 12.3. The number of phenols is 1. The van der Waals surface area contributed by atoms with Gasteiger partial charge in [0.2, 0.25) is 0 Å². The minimum Gasteiger partial charge on any atom is -0.508 e. The summed E-state index contributed by atoms with van der Waals surface area (Å²) in [5.74, 6) is -0.0194. The number of hydrogen-bond donors (Lipinski definition) is 2. The first kappa shape index (κ1) is 10.5. The quantitative estimate of drug-likeness (QED) is 0.788. The number of H-pyrrole nitrogens is 1. The van der Waals surface area contributed by atoms with Crippen molar-refractivity contribution in [3.05, 3.63) is 36.0 Å². The van der Waals surface area contributed by atoms with E-state index in [9.17, 15) is 18.3 Å². The van der Waals surface area contributed by atoms with Crippen LogP contribution in [-0.4, -0.2) is 15.3 Å². The maximum atomic E-state index is 12.3. The van der Waals surface area contributed by atoms with Gasteiger partial charge in [-0.25, -0.2) is 0 Å². The number of hydrogen-bond acceptors (Lipinski definition) is 2. The lowest BCUT2D eigenvalue weighted by molar-refractivity contribution is -0.141. The number of nitrogens with zero attached hydrogens (tertiary/aromatic N) is 1. The van der Waals surface area contributed by atoms with Gasteiger partial charge >= 0.3 is 6.18 Å². The molecule has 0 bridgehead atoms. The highest BCUT2D eigenvalue weighted by Crippen LogP contribution is 2.30. The molecule has 0 aliphatic carbocycles. The molecule has 0 unspecified atom stereocenters. The monoisotopic (exact) mass is 228 g/mol. The summed E-state index contributed by atoms with van der Waals surface area (Å²) < 4.78 is 36.8. The molecule has 0 amide bonds. The molecule has 1 aromatic heterocycles. The fraction of sp³-hybridized carbons (Fsp3) is 0.100. The summed E-state index contributed by atoms with van der Waals surface area (Å²) >= 11 is 0. The average Bonchev–Trinajstić information content (AvgIpc) is 2.65. The Hall–Kier alpha value is -1.98. The van der Waals surface area contributed by atoms with Gasteiger partial charge in [-0.1, -0.05) is 12.1 Å². The molecule has 0 saturated carbocycles. The summed E-state index contributed by atoms with van der Waals surface area (Å²) in [7, 11) is 0. The van der Waals surface area contributed by atoms with E-state index < -0.39 is 11.9 Å². The van der Waals surface area contributed by atoms with Crippen LogP contribution in [0.2, 0.25) is 0 Å². The van der Waals surface area contributed by atoms with E-state index in [-0.39, 0.29) is 11.4 Å². The minimum absolute atomic E-state index is 0.0194. The van der Waals surface area contributed by atoms with E-state index in [1.54, 1.807) is 6.07 Å². The van der Waals surface area contributed by atoms with Crippen LogP contribution in [0.25, 0.3) is 11.3 Å². The molecule has 0 radical (unpaired) electrons. The summed E-state index contributed by atoms with van der Waals surface area (Å²) in [5.41, 5.74) is -0.346. The molecule has 0 spiro atoms. The third kappa shape index (κ3) is 2.00. The second-order valence-corrected chi connectivity index (χ2v) is 3.21. The van der Waals surface area contributed by atoms with Crippen molar-refractivity contribution in [3.63, 3.8) is 0 Å². The molecule has 6 heteroatoms. The molecule has 0 aliphatic rings. The first-order valence-electron chi connectivity index (χ1n) is 4.39. The third-order valence-electron chi connectivity index (χ3n) is 2.03. The lowest BCUT2D eigenvalue weighted by Crippen LogP contribution is -2.04. The van der Waals surface area contributed by atoms with E-state index in [0.29, 0.717) is 5.56 Å². The van der Waals surface area contributed by atoms with Gasteiger partial charge in [0.1, 0.15) is 11.4 Å². The number of aromatic amines is 1. The molecule has 3 nitrogen and oxygen atoms in total. The number of benzene rings is 1. The van der Waals surface area contributed by atoms with Gasteiger partial charge in [-0.2, -0.15) is 18.3 Å². The van der Waals surface area contributed by atoms with Crippen LogP contribution in [0.1, 0.15) is 5.69 Å². The van der Waals surface area contributed by atoms with Gasteiger partial charge in [0.15, 0.2) is 0 Å². The first-order valence-corrected chi connectivity index (χ1v) is 4.39. The van der Waals surface area contributed by atoms with Crippen LogP contribution in [0.5, 0.6) is 5.75 Å². The fourth-order valence-electron chi connectivity index (χ4n) is 1.28. The van der Waals surface area contributed by atoms with Crippen LogP contribution in [-0.2, 0) is 6.18 Å². The maximum Gasteiger partial charge on any atom is 0.432 e. The van der Waals surface area contributed by atoms with Crippen LogP contribution in [0, 0.1) is 0 Å². The van der Waals surface area contributed by atoms with Crippen molar-refractivity contribution in [1.82, 2.24) is 10.2 Å². The first-order chi connectivity index (χ1) is 7.47. The second-order valence-electron chi connectivity index (χ2n) is 3.21. The Morgan fingerprint density at radius 1 is 1.19 bits per heavy atom. The minimum atomic E-state index is -4.44. The van der Waals surface area contributed by atoms with Crippen LogP contribution in [0.3, 0.4) is 0 Å².